The summed E-state index contributed by atoms with van der Waals surface area (Å²) in [6.45, 7) is 10.0. The van der Waals surface area contributed by atoms with E-state index in [4.69, 9.17) is 4.52 Å². The highest BCUT2D eigenvalue weighted by atomic mass is 32.1. The molecular formula is C13H20N4OS. The van der Waals surface area contributed by atoms with E-state index in [1.807, 2.05) is 13.1 Å². The molecule has 0 saturated heterocycles. The molecule has 0 unspecified atom stereocenters. The Morgan fingerprint density at radius 3 is 2.74 bits per heavy atom. The van der Waals surface area contributed by atoms with E-state index in [0.29, 0.717) is 11.7 Å². The van der Waals surface area contributed by atoms with E-state index in [9.17, 15) is 0 Å². The molecule has 0 bridgehead atoms. The average Bonchev–Trinajstić information content (AvgIpc) is 2.93. The molecule has 0 fully saturated rings. The fourth-order valence-electron chi connectivity index (χ4n) is 1.58. The number of aryl methyl sites for hydroxylation is 1. The molecule has 0 radical (unpaired) electrons. The van der Waals surface area contributed by atoms with Gasteiger partial charge in [0.15, 0.2) is 5.82 Å². The van der Waals surface area contributed by atoms with Gasteiger partial charge >= 0.3 is 0 Å². The lowest BCUT2D eigenvalue weighted by Crippen LogP contribution is -2.16. The molecule has 6 heteroatoms. The smallest absolute Gasteiger partial charge is 0.227 e. The van der Waals surface area contributed by atoms with Crippen LogP contribution in [0.15, 0.2) is 10.7 Å². The molecule has 2 aromatic heterocycles. The van der Waals surface area contributed by atoms with Gasteiger partial charge < -0.3 is 9.84 Å². The van der Waals surface area contributed by atoms with Gasteiger partial charge in [0.1, 0.15) is 0 Å². The summed E-state index contributed by atoms with van der Waals surface area (Å²) < 4.78 is 5.05. The molecule has 2 rings (SSSR count). The molecule has 104 valence electrons. The normalized spacial score (nSPS) is 12.0. The monoisotopic (exact) mass is 280 g/mol. The Hall–Kier alpha value is -1.27. The van der Waals surface area contributed by atoms with Gasteiger partial charge in [0.2, 0.25) is 5.89 Å². The van der Waals surface area contributed by atoms with Crippen LogP contribution in [-0.4, -0.2) is 21.7 Å². The van der Waals surface area contributed by atoms with Crippen molar-refractivity contribution in [1.29, 1.82) is 0 Å². The second-order valence-electron chi connectivity index (χ2n) is 5.54. The van der Waals surface area contributed by atoms with Crippen LogP contribution in [0.1, 0.15) is 42.4 Å². The van der Waals surface area contributed by atoms with Gasteiger partial charge in [-0.2, -0.15) is 4.98 Å². The second-order valence-corrected chi connectivity index (χ2v) is 6.66. The first-order chi connectivity index (χ1) is 8.95. The SMILES string of the molecule is Cc1noc(CCNCc2cnc(C(C)(C)C)s2)n1. The standard InChI is InChI=1S/C13H20N4OS/c1-9-16-11(18-17-9)5-6-14-7-10-8-15-12(19-10)13(2,3)4/h8,14H,5-7H2,1-4H3. The molecule has 0 atom stereocenters. The van der Waals surface area contributed by atoms with Crippen LogP contribution in [0.25, 0.3) is 0 Å². The minimum atomic E-state index is 0.129. The van der Waals surface area contributed by atoms with Crippen LogP contribution in [0.3, 0.4) is 0 Å². The third-order valence-electron chi connectivity index (χ3n) is 2.58. The van der Waals surface area contributed by atoms with Gasteiger partial charge in [0.05, 0.1) is 5.01 Å². The molecule has 1 N–H and O–H groups in total. The maximum atomic E-state index is 5.05. The van der Waals surface area contributed by atoms with Crippen LogP contribution in [0.2, 0.25) is 0 Å². The van der Waals surface area contributed by atoms with Crippen molar-refractivity contribution in [2.24, 2.45) is 0 Å². The maximum Gasteiger partial charge on any atom is 0.227 e. The summed E-state index contributed by atoms with van der Waals surface area (Å²) in [5, 5.41) is 8.31. The number of aromatic nitrogens is 3. The van der Waals surface area contributed by atoms with E-state index in [0.717, 1.165) is 19.5 Å². The van der Waals surface area contributed by atoms with Crippen LogP contribution in [0.5, 0.6) is 0 Å². The number of hydrogen-bond acceptors (Lipinski definition) is 6. The van der Waals surface area contributed by atoms with Crippen molar-refractivity contribution in [1.82, 2.24) is 20.4 Å². The first kappa shape index (κ1) is 14.1. The van der Waals surface area contributed by atoms with E-state index < -0.39 is 0 Å². The van der Waals surface area contributed by atoms with Crippen LogP contribution in [0.4, 0.5) is 0 Å². The van der Waals surface area contributed by atoms with Crippen LogP contribution >= 0.6 is 11.3 Å². The zero-order valence-electron chi connectivity index (χ0n) is 11.9. The number of hydrogen-bond donors (Lipinski definition) is 1. The molecule has 19 heavy (non-hydrogen) atoms. The summed E-state index contributed by atoms with van der Waals surface area (Å²) >= 11 is 1.77. The minimum absolute atomic E-state index is 0.129. The lowest BCUT2D eigenvalue weighted by atomic mass is 9.98. The molecule has 2 heterocycles. The zero-order chi connectivity index (χ0) is 13.9. The Bertz CT molecular complexity index is 527. The highest BCUT2D eigenvalue weighted by molar-refractivity contribution is 7.11. The van der Waals surface area contributed by atoms with Gasteiger partial charge in [0.25, 0.3) is 0 Å². The van der Waals surface area contributed by atoms with Crippen molar-refractivity contribution in [2.45, 2.75) is 46.1 Å². The van der Waals surface area contributed by atoms with E-state index in [2.05, 4.69) is 41.2 Å². The van der Waals surface area contributed by atoms with Gasteiger partial charge in [-0.25, -0.2) is 4.98 Å². The predicted molar refractivity (Wildman–Crippen MR) is 75.3 cm³/mol. The molecule has 0 aliphatic heterocycles. The third kappa shape index (κ3) is 4.11. The van der Waals surface area contributed by atoms with Gasteiger partial charge in [-0.3, -0.25) is 0 Å². The van der Waals surface area contributed by atoms with Gasteiger partial charge in [-0.15, -0.1) is 11.3 Å². The summed E-state index contributed by atoms with van der Waals surface area (Å²) in [6.07, 6.45) is 2.71. The molecule has 0 aliphatic carbocycles. The molecule has 5 nitrogen and oxygen atoms in total. The molecule has 0 aliphatic rings. The van der Waals surface area contributed by atoms with E-state index >= 15 is 0 Å². The third-order valence-corrected chi connectivity index (χ3v) is 4.00. The van der Waals surface area contributed by atoms with Gasteiger partial charge in [0, 0.05) is 36.0 Å². The number of nitrogens with zero attached hydrogens (tertiary/aromatic N) is 3. The van der Waals surface area contributed by atoms with E-state index in [-0.39, 0.29) is 5.41 Å². The van der Waals surface area contributed by atoms with Crippen molar-refractivity contribution in [3.05, 3.63) is 27.8 Å². The van der Waals surface area contributed by atoms with E-state index in [1.54, 1.807) is 11.3 Å². The Balaban J connectivity index is 1.75. The summed E-state index contributed by atoms with van der Waals surface area (Å²) in [7, 11) is 0. The molecular weight excluding hydrogens is 260 g/mol. The molecule has 0 aromatic carbocycles. The Morgan fingerprint density at radius 1 is 1.37 bits per heavy atom. The summed E-state index contributed by atoms with van der Waals surface area (Å²) in [6, 6.07) is 0. The first-order valence-electron chi connectivity index (χ1n) is 6.40. The Morgan fingerprint density at radius 2 is 2.16 bits per heavy atom. The summed E-state index contributed by atoms with van der Waals surface area (Å²) in [4.78, 5) is 9.89. The summed E-state index contributed by atoms with van der Waals surface area (Å²) in [5.74, 6) is 1.37. The number of thiazole rings is 1. The average molecular weight is 280 g/mol. The molecule has 0 saturated carbocycles. The van der Waals surface area contributed by atoms with Gasteiger partial charge in [-0.05, 0) is 6.92 Å². The van der Waals surface area contributed by atoms with Crippen molar-refractivity contribution >= 4 is 11.3 Å². The van der Waals surface area contributed by atoms with Crippen molar-refractivity contribution in [3.8, 4) is 0 Å². The topological polar surface area (TPSA) is 63.8 Å². The predicted octanol–water partition coefficient (Wildman–Crippen LogP) is 2.46. The Kier molecular flexibility index (Phi) is 4.31. The largest absolute Gasteiger partial charge is 0.339 e. The summed E-state index contributed by atoms with van der Waals surface area (Å²) in [5.41, 5.74) is 0.129. The molecule has 2 aromatic rings. The highest BCUT2D eigenvalue weighted by Gasteiger charge is 2.17. The van der Waals surface area contributed by atoms with Crippen LogP contribution in [-0.2, 0) is 18.4 Å². The van der Waals surface area contributed by atoms with Gasteiger partial charge in [-0.1, -0.05) is 25.9 Å². The molecule has 0 amide bonds. The zero-order valence-corrected chi connectivity index (χ0v) is 12.7. The lowest BCUT2D eigenvalue weighted by Gasteiger charge is -2.13. The van der Waals surface area contributed by atoms with Crippen LogP contribution < -0.4 is 5.32 Å². The molecule has 0 spiro atoms. The second kappa shape index (κ2) is 5.79. The fraction of sp³-hybridized carbons (Fsp3) is 0.615. The number of rotatable bonds is 5. The minimum Gasteiger partial charge on any atom is -0.339 e. The first-order valence-corrected chi connectivity index (χ1v) is 7.22. The van der Waals surface area contributed by atoms with Crippen molar-refractivity contribution in [3.63, 3.8) is 0 Å². The Labute approximate surface area is 117 Å². The lowest BCUT2D eigenvalue weighted by molar-refractivity contribution is 0.372. The van der Waals surface area contributed by atoms with Crippen LogP contribution in [0, 0.1) is 6.92 Å². The van der Waals surface area contributed by atoms with Crippen molar-refractivity contribution < 1.29 is 4.52 Å². The number of nitrogens with one attached hydrogen (secondary N) is 1. The van der Waals surface area contributed by atoms with Crippen molar-refractivity contribution in [2.75, 3.05) is 6.54 Å². The fourth-order valence-corrected chi connectivity index (χ4v) is 2.52. The maximum absolute atomic E-state index is 5.05. The quantitative estimate of drug-likeness (QED) is 0.852. The highest BCUT2D eigenvalue weighted by Crippen LogP contribution is 2.26. The van der Waals surface area contributed by atoms with E-state index in [1.165, 1.54) is 9.88 Å².